The van der Waals surface area contributed by atoms with E-state index in [1.807, 2.05) is 49.4 Å². The summed E-state index contributed by atoms with van der Waals surface area (Å²) in [6, 6.07) is 12.7. The van der Waals surface area contributed by atoms with Crippen LogP contribution < -0.4 is 10.6 Å². The van der Waals surface area contributed by atoms with Crippen LogP contribution in [0.15, 0.2) is 65.1 Å². The van der Waals surface area contributed by atoms with Gasteiger partial charge in [-0.15, -0.1) is 12.3 Å². The van der Waals surface area contributed by atoms with Gasteiger partial charge in [0.2, 0.25) is 11.8 Å². The predicted molar refractivity (Wildman–Crippen MR) is 118 cm³/mol. The topological polar surface area (TPSA) is 95.8 Å². The van der Waals surface area contributed by atoms with Crippen LogP contribution in [0.5, 0.6) is 0 Å². The Morgan fingerprint density at radius 1 is 1.00 bits per heavy atom. The van der Waals surface area contributed by atoms with Crippen LogP contribution in [-0.2, 0) is 9.59 Å². The van der Waals surface area contributed by atoms with Crippen molar-refractivity contribution >= 4 is 11.8 Å². The first-order chi connectivity index (χ1) is 15.0. The minimum Gasteiger partial charge on any atom is -0.350 e. The van der Waals surface area contributed by atoms with Gasteiger partial charge in [-0.25, -0.2) is 0 Å². The summed E-state index contributed by atoms with van der Waals surface area (Å²) in [5.74, 6) is 2.31. The summed E-state index contributed by atoms with van der Waals surface area (Å²) in [7, 11) is 0. The lowest BCUT2D eigenvalue weighted by molar-refractivity contribution is -0.124. The number of carbonyl (C=O) groups is 2. The van der Waals surface area contributed by atoms with Crippen molar-refractivity contribution < 1.29 is 9.59 Å². The van der Waals surface area contributed by atoms with Gasteiger partial charge in [0.05, 0.1) is 18.5 Å². The van der Waals surface area contributed by atoms with Crippen molar-refractivity contribution in [1.29, 1.82) is 0 Å². The lowest BCUT2D eigenvalue weighted by Gasteiger charge is -2.21. The molecule has 0 saturated heterocycles. The fourth-order valence-corrected chi connectivity index (χ4v) is 3.41. The van der Waals surface area contributed by atoms with Crippen molar-refractivity contribution in [2.24, 2.45) is 10.2 Å². The van der Waals surface area contributed by atoms with E-state index in [-0.39, 0.29) is 30.7 Å². The number of pyridine rings is 1. The van der Waals surface area contributed by atoms with Crippen molar-refractivity contribution in [2.45, 2.75) is 56.8 Å². The third-order valence-electron chi connectivity index (χ3n) is 5.32. The standard InChI is InChI=1S/C24H27N5O2/c1-3-4-13-24(28-29-24)14-10-22(30)27-21(20-8-6-5-7-9-20)17-23(31)26-18(2)19-11-15-25-16-12-19/h1,5-9,11-12,15-16,18,21H,4,10,13-14,17H2,2H3,(H,26,31)(H,27,30). The highest BCUT2D eigenvalue weighted by Gasteiger charge is 2.39. The molecule has 2 heterocycles. The average Bonchev–Trinajstić information content (AvgIpc) is 3.57. The van der Waals surface area contributed by atoms with Crippen LogP contribution in [0.1, 0.15) is 62.2 Å². The van der Waals surface area contributed by atoms with Crippen LogP contribution in [0.25, 0.3) is 0 Å². The Balaban J connectivity index is 1.57. The lowest BCUT2D eigenvalue weighted by atomic mass is 10.00. The van der Waals surface area contributed by atoms with E-state index in [2.05, 4.69) is 31.8 Å². The smallest absolute Gasteiger partial charge is 0.222 e. The monoisotopic (exact) mass is 417 g/mol. The average molecular weight is 418 g/mol. The highest BCUT2D eigenvalue weighted by atomic mass is 16.2. The molecule has 3 rings (SSSR count). The number of terminal acetylenes is 1. The number of hydrogen-bond acceptors (Lipinski definition) is 5. The van der Waals surface area contributed by atoms with E-state index in [0.717, 1.165) is 11.1 Å². The number of rotatable bonds is 11. The van der Waals surface area contributed by atoms with Crippen LogP contribution in [-0.4, -0.2) is 22.5 Å². The number of nitrogens with one attached hydrogen (secondary N) is 2. The first kappa shape index (κ1) is 22.2. The van der Waals surface area contributed by atoms with E-state index in [1.165, 1.54) is 0 Å². The fourth-order valence-electron chi connectivity index (χ4n) is 3.41. The summed E-state index contributed by atoms with van der Waals surface area (Å²) in [5.41, 5.74) is 1.35. The Bertz CT molecular complexity index is 947. The molecule has 0 fully saturated rings. The minimum absolute atomic E-state index is 0.138. The second-order valence-electron chi connectivity index (χ2n) is 7.69. The molecule has 1 aliphatic heterocycles. The van der Waals surface area contributed by atoms with Crippen LogP contribution >= 0.6 is 0 Å². The Morgan fingerprint density at radius 3 is 2.35 bits per heavy atom. The van der Waals surface area contributed by atoms with Gasteiger partial charge in [0, 0.05) is 38.1 Å². The quantitative estimate of drug-likeness (QED) is 0.543. The zero-order valence-corrected chi connectivity index (χ0v) is 17.6. The van der Waals surface area contributed by atoms with Crippen LogP contribution in [0, 0.1) is 12.3 Å². The van der Waals surface area contributed by atoms with Crippen LogP contribution in [0.2, 0.25) is 0 Å². The van der Waals surface area contributed by atoms with Crippen molar-refractivity contribution in [3.63, 3.8) is 0 Å². The van der Waals surface area contributed by atoms with E-state index in [1.54, 1.807) is 12.4 Å². The molecular weight excluding hydrogens is 390 g/mol. The Hall–Kier alpha value is -3.53. The van der Waals surface area contributed by atoms with E-state index in [4.69, 9.17) is 6.42 Å². The van der Waals surface area contributed by atoms with Gasteiger partial charge in [0.1, 0.15) is 0 Å². The molecule has 0 radical (unpaired) electrons. The molecule has 1 aliphatic rings. The summed E-state index contributed by atoms with van der Waals surface area (Å²) in [5, 5.41) is 14.1. The van der Waals surface area contributed by atoms with Gasteiger partial charge in [0.25, 0.3) is 0 Å². The van der Waals surface area contributed by atoms with Gasteiger partial charge < -0.3 is 10.6 Å². The number of aromatic nitrogens is 1. The highest BCUT2D eigenvalue weighted by Crippen LogP contribution is 2.37. The molecule has 31 heavy (non-hydrogen) atoms. The third kappa shape index (κ3) is 6.75. The van der Waals surface area contributed by atoms with Crippen molar-refractivity contribution in [2.75, 3.05) is 0 Å². The van der Waals surface area contributed by atoms with Gasteiger partial charge in [-0.3, -0.25) is 14.6 Å². The summed E-state index contributed by atoms with van der Waals surface area (Å²) in [6.45, 7) is 1.92. The first-order valence-corrected chi connectivity index (χ1v) is 10.4. The minimum atomic E-state index is -0.497. The molecule has 0 spiro atoms. The summed E-state index contributed by atoms with van der Waals surface area (Å²) < 4.78 is 0. The predicted octanol–water partition coefficient (Wildman–Crippen LogP) is 3.86. The molecule has 0 aliphatic carbocycles. The molecule has 2 N–H and O–H groups in total. The van der Waals surface area contributed by atoms with E-state index in [9.17, 15) is 9.59 Å². The summed E-state index contributed by atoms with van der Waals surface area (Å²) >= 11 is 0. The molecule has 2 amide bonds. The molecule has 1 aromatic heterocycles. The zero-order valence-electron chi connectivity index (χ0n) is 17.6. The number of carbonyl (C=O) groups excluding carboxylic acids is 2. The summed E-state index contributed by atoms with van der Waals surface area (Å²) in [4.78, 5) is 29.3. The zero-order chi connectivity index (χ0) is 22.1. The maximum Gasteiger partial charge on any atom is 0.222 e. The van der Waals surface area contributed by atoms with E-state index < -0.39 is 11.7 Å². The second-order valence-corrected chi connectivity index (χ2v) is 7.69. The number of benzene rings is 1. The van der Waals surface area contributed by atoms with Crippen molar-refractivity contribution in [3.8, 4) is 12.3 Å². The fraction of sp³-hybridized carbons (Fsp3) is 0.375. The molecule has 0 saturated carbocycles. The van der Waals surface area contributed by atoms with Gasteiger partial charge >= 0.3 is 0 Å². The summed E-state index contributed by atoms with van der Waals surface area (Å²) in [6.07, 6.45) is 10.9. The van der Waals surface area contributed by atoms with E-state index in [0.29, 0.717) is 19.3 Å². The van der Waals surface area contributed by atoms with Crippen LogP contribution in [0.4, 0.5) is 0 Å². The van der Waals surface area contributed by atoms with E-state index >= 15 is 0 Å². The number of amides is 2. The largest absolute Gasteiger partial charge is 0.350 e. The normalized spacial score (nSPS) is 15.4. The molecule has 0 bridgehead atoms. The maximum absolute atomic E-state index is 12.7. The van der Waals surface area contributed by atoms with Gasteiger partial charge in [-0.1, -0.05) is 30.3 Å². The number of hydrogen-bond donors (Lipinski definition) is 2. The Labute approximate surface area is 182 Å². The first-order valence-electron chi connectivity index (χ1n) is 10.4. The van der Waals surface area contributed by atoms with Gasteiger partial charge in [0.15, 0.2) is 5.66 Å². The Kier molecular flexibility index (Phi) is 7.50. The molecule has 2 aromatic rings. The highest BCUT2D eigenvalue weighted by molar-refractivity contribution is 5.80. The molecular formula is C24H27N5O2. The maximum atomic E-state index is 12.7. The molecule has 2 atom stereocenters. The van der Waals surface area contributed by atoms with Gasteiger partial charge in [-0.05, 0) is 30.2 Å². The molecule has 7 nitrogen and oxygen atoms in total. The van der Waals surface area contributed by atoms with Crippen LogP contribution in [0.3, 0.4) is 0 Å². The molecule has 7 heteroatoms. The van der Waals surface area contributed by atoms with Gasteiger partial charge in [-0.2, -0.15) is 10.2 Å². The molecule has 1 aromatic carbocycles. The molecule has 160 valence electrons. The number of nitrogens with zero attached hydrogens (tertiary/aromatic N) is 3. The second kappa shape index (κ2) is 10.5. The third-order valence-corrected chi connectivity index (χ3v) is 5.32. The Morgan fingerprint density at radius 2 is 1.71 bits per heavy atom. The molecule has 2 unspecified atom stereocenters. The SMILES string of the molecule is C#CCCC1(CCC(=O)NC(CC(=O)NC(C)c2ccncc2)c2ccccc2)N=N1. The van der Waals surface area contributed by atoms with Crippen molar-refractivity contribution in [3.05, 3.63) is 66.0 Å². The lowest BCUT2D eigenvalue weighted by Crippen LogP contribution is -2.35. The van der Waals surface area contributed by atoms with Crippen molar-refractivity contribution in [1.82, 2.24) is 15.6 Å².